The SMILES string of the molecule is CCN(CC)c1ccc(NC(=O)C(=O)Nc2ccc(O)cc2C)cc1. The fraction of sp³-hybridized carbons (Fsp3) is 0.263. The zero-order chi connectivity index (χ0) is 18.4. The number of rotatable bonds is 5. The molecule has 2 aromatic rings. The molecule has 0 unspecified atom stereocenters. The fourth-order valence-corrected chi connectivity index (χ4v) is 2.50. The summed E-state index contributed by atoms with van der Waals surface area (Å²) < 4.78 is 0. The predicted octanol–water partition coefficient (Wildman–Crippen LogP) is 3.12. The molecule has 0 aliphatic carbocycles. The minimum atomic E-state index is -0.762. The van der Waals surface area contributed by atoms with Crippen LogP contribution in [0.3, 0.4) is 0 Å². The Morgan fingerprint density at radius 2 is 1.56 bits per heavy atom. The Kier molecular flexibility index (Phi) is 6.00. The monoisotopic (exact) mass is 341 g/mol. The van der Waals surface area contributed by atoms with Gasteiger partial charge in [0.15, 0.2) is 0 Å². The van der Waals surface area contributed by atoms with Crippen LogP contribution in [0.25, 0.3) is 0 Å². The molecule has 0 saturated carbocycles. The van der Waals surface area contributed by atoms with Crippen LogP contribution in [0.4, 0.5) is 17.1 Å². The lowest BCUT2D eigenvalue weighted by atomic mass is 10.2. The predicted molar refractivity (Wildman–Crippen MR) is 100 cm³/mol. The molecule has 2 rings (SSSR count). The molecule has 0 saturated heterocycles. The van der Waals surface area contributed by atoms with Crippen LogP contribution in [0, 0.1) is 6.92 Å². The van der Waals surface area contributed by atoms with Crippen molar-refractivity contribution >= 4 is 28.9 Å². The van der Waals surface area contributed by atoms with Gasteiger partial charge in [-0.05, 0) is 68.8 Å². The molecule has 0 aliphatic rings. The molecule has 2 amide bonds. The van der Waals surface area contributed by atoms with E-state index in [9.17, 15) is 14.7 Å². The third-order valence-electron chi connectivity index (χ3n) is 3.92. The summed E-state index contributed by atoms with van der Waals surface area (Å²) in [5.41, 5.74) is 2.77. The second kappa shape index (κ2) is 8.19. The molecule has 0 heterocycles. The highest BCUT2D eigenvalue weighted by atomic mass is 16.3. The molecule has 132 valence electrons. The van der Waals surface area contributed by atoms with E-state index in [1.165, 1.54) is 12.1 Å². The van der Waals surface area contributed by atoms with Crippen molar-refractivity contribution in [1.82, 2.24) is 0 Å². The van der Waals surface area contributed by atoms with Crippen LogP contribution < -0.4 is 15.5 Å². The summed E-state index contributed by atoms with van der Waals surface area (Å²) in [6.45, 7) is 7.69. The maximum atomic E-state index is 12.0. The van der Waals surface area contributed by atoms with Crippen LogP contribution in [0.5, 0.6) is 5.75 Å². The Bertz CT molecular complexity index is 753. The molecule has 0 aromatic heterocycles. The molecule has 0 bridgehead atoms. The largest absolute Gasteiger partial charge is 0.508 e. The lowest BCUT2D eigenvalue weighted by Gasteiger charge is -2.21. The van der Waals surface area contributed by atoms with Gasteiger partial charge in [0.2, 0.25) is 0 Å². The lowest BCUT2D eigenvalue weighted by Crippen LogP contribution is -2.29. The molecule has 0 fully saturated rings. The fourth-order valence-electron chi connectivity index (χ4n) is 2.50. The van der Waals surface area contributed by atoms with Gasteiger partial charge in [-0.25, -0.2) is 0 Å². The minimum Gasteiger partial charge on any atom is -0.508 e. The molecule has 6 nitrogen and oxygen atoms in total. The van der Waals surface area contributed by atoms with Gasteiger partial charge in [-0.1, -0.05) is 0 Å². The second-order valence-electron chi connectivity index (χ2n) is 5.63. The van der Waals surface area contributed by atoms with Crippen LogP contribution in [0.15, 0.2) is 42.5 Å². The van der Waals surface area contributed by atoms with Crippen LogP contribution >= 0.6 is 0 Å². The van der Waals surface area contributed by atoms with Gasteiger partial charge in [-0.2, -0.15) is 0 Å². The number of amides is 2. The summed E-state index contributed by atoms with van der Waals surface area (Å²) in [6, 6.07) is 11.9. The van der Waals surface area contributed by atoms with Gasteiger partial charge in [0.25, 0.3) is 0 Å². The van der Waals surface area contributed by atoms with Gasteiger partial charge in [0.05, 0.1) is 0 Å². The topological polar surface area (TPSA) is 81.7 Å². The molecule has 0 spiro atoms. The van der Waals surface area contributed by atoms with Crippen molar-refractivity contribution in [2.75, 3.05) is 28.6 Å². The number of hydrogen-bond acceptors (Lipinski definition) is 4. The van der Waals surface area contributed by atoms with E-state index in [-0.39, 0.29) is 5.75 Å². The first kappa shape index (κ1) is 18.3. The Morgan fingerprint density at radius 1 is 0.960 bits per heavy atom. The van der Waals surface area contributed by atoms with Gasteiger partial charge < -0.3 is 20.6 Å². The third kappa shape index (κ3) is 4.73. The number of carbonyl (C=O) groups is 2. The van der Waals surface area contributed by atoms with E-state index in [0.29, 0.717) is 16.9 Å². The molecule has 2 aromatic carbocycles. The van der Waals surface area contributed by atoms with Crippen LogP contribution in [0.1, 0.15) is 19.4 Å². The van der Waals surface area contributed by atoms with Crippen molar-refractivity contribution in [1.29, 1.82) is 0 Å². The minimum absolute atomic E-state index is 0.105. The smallest absolute Gasteiger partial charge is 0.314 e. The van der Waals surface area contributed by atoms with Crippen LogP contribution in [0.2, 0.25) is 0 Å². The highest BCUT2D eigenvalue weighted by Crippen LogP contribution is 2.20. The van der Waals surface area contributed by atoms with Gasteiger partial charge in [0.1, 0.15) is 5.75 Å². The van der Waals surface area contributed by atoms with Crippen LogP contribution in [-0.2, 0) is 9.59 Å². The van der Waals surface area contributed by atoms with Crippen molar-refractivity contribution in [2.45, 2.75) is 20.8 Å². The lowest BCUT2D eigenvalue weighted by molar-refractivity contribution is -0.133. The zero-order valence-corrected chi connectivity index (χ0v) is 14.7. The molecule has 6 heteroatoms. The quantitative estimate of drug-likeness (QED) is 0.576. The summed E-state index contributed by atoms with van der Waals surface area (Å²) in [4.78, 5) is 26.3. The normalized spacial score (nSPS) is 10.2. The van der Waals surface area contributed by atoms with E-state index in [4.69, 9.17) is 0 Å². The van der Waals surface area contributed by atoms with Gasteiger partial charge >= 0.3 is 11.8 Å². The zero-order valence-electron chi connectivity index (χ0n) is 14.7. The standard InChI is InChI=1S/C19H23N3O3/c1-4-22(5-2)15-8-6-14(7-9-15)20-18(24)19(25)21-17-11-10-16(23)12-13(17)3/h6-12,23H,4-5H2,1-3H3,(H,20,24)(H,21,25). The van der Waals surface area contributed by atoms with Gasteiger partial charge in [-0.3, -0.25) is 9.59 Å². The molecular weight excluding hydrogens is 318 g/mol. The van der Waals surface area contributed by atoms with E-state index in [2.05, 4.69) is 29.4 Å². The number of aromatic hydroxyl groups is 1. The number of phenols is 1. The van der Waals surface area contributed by atoms with E-state index in [0.717, 1.165) is 18.8 Å². The molecule has 3 N–H and O–H groups in total. The average molecular weight is 341 g/mol. The highest BCUT2D eigenvalue weighted by Gasteiger charge is 2.15. The van der Waals surface area contributed by atoms with Crippen LogP contribution in [-0.4, -0.2) is 30.0 Å². The average Bonchev–Trinajstić information content (AvgIpc) is 2.59. The number of nitrogens with one attached hydrogen (secondary N) is 2. The van der Waals surface area contributed by atoms with E-state index < -0.39 is 11.8 Å². The summed E-state index contributed by atoms with van der Waals surface area (Å²) >= 11 is 0. The first-order chi connectivity index (χ1) is 11.9. The molecule has 0 aliphatic heterocycles. The number of anilines is 3. The van der Waals surface area contributed by atoms with E-state index >= 15 is 0 Å². The van der Waals surface area contributed by atoms with E-state index in [1.54, 1.807) is 25.1 Å². The summed E-state index contributed by atoms with van der Waals surface area (Å²) in [5, 5.41) is 14.5. The summed E-state index contributed by atoms with van der Waals surface area (Å²) in [7, 11) is 0. The highest BCUT2D eigenvalue weighted by molar-refractivity contribution is 6.43. The number of aryl methyl sites for hydroxylation is 1. The van der Waals surface area contributed by atoms with Gasteiger partial charge in [0, 0.05) is 30.2 Å². The van der Waals surface area contributed by atoms with Crippen molar-refractivity contribution in [3.05, 3.63) is 48.0 Å². The molecule has 0 atom stereocenters. The number of hydrogen-bond donors (Lipinski definition) is 3. The first-order valence-electron chi connectivity index (χ1n) is 8.21. The number of phenolic OH excluding ortho intramolecular Hbond substituents is 1. The molecular formula is C19H23N3O3. The molecule has 25 heavy (non-hydrogen) atoms. The van der Waals surface area contributed by atoms with E-state index in [1.807, 2.05) is 12.1 Å². The van der Waals surface area contributed by atoms with Crippen molar-refractivity contribution in [3.8, 4) is 5.75 Å². The summed E-state index contributed by atoms with van der Waals surface area (Å²) in [5.74, 6) is -1.40. The maximum Gasteiger partial charge on any atom is 0.314 e. The Labute approximate surface area is 147 Å². The second-order valence-corrected chi connectivity index (χ2v) is 5.63. The Balaban J connectivity index is 2.00. The number of nitrogens with zero attached hydrogens (tertiary/aromatic N) is 1. The first-order valence-corrected chi connectivity index (χ1v) is 8.21. The Morgan fingerprint density at radius 3 is 2.12 bits per heavy atom. The maximum absolute atomic E-state index is 12.0. The Hall–Kier alpha value is -3.02. The van der Waals surface area contributed by atoms with Gasteiger partial charge in [-0.15, -0.1) is 0 Å². The molecule has 0 radical (unpaired) electrons. The number of benzene rings is 2. The van der Waals surface area contributed by atoms with Crippen molar-refractivity contribution < 1.29 is 14.7 Å². The van der Waals surface area contributed by atoms with Crippen molar-refractivity contribution in [2.24, 2.45) is 0 Å². The van der Waals surface area contributed by atoms with Crippen molar-refractivity contribution in [3.63, 3.8) is 0 Å². The number of carbonyl (C=O) groups excluding carboxylic acids is 2. The third-order valence-corrected chi connectivity index (χ3v) is 3.92. The summed E-state index contributed by atoms with van der Waals surface area (Å²) in [6.07, 6.45) is 0.